The molecule has 1 aromatic carbocycles. The van der Waals surface area contributed by atoms with Gasteiger partial charge >= 0.3 is 0 Å². The number of pyridine rings is 1. The van der Waals surface area contributed by atoms with E-state index in [0.29, 0.717) is 0 Å². The highest BCUT2D eigenvalue weighted by Gasteiger charge is 2.17. The summed E-state index contributed by atoms with van der Waals surface area (Å²) in [5.74, 6) is 0.828. The van der Waals surface area contributed by atoms with Gasteiger partial charge in [0.25, 0.3) is 0 Å². The van der Waals surface area contributed by atoms with E-state index in [2.05, 4.69) is 41.2 Å². The van der Waals surface area contributed by atoms with Crippen molar-refractivity contribution in [3.63, 3.8) is 0 Å². The molecule has 3 aromatic rings. The first-order valence-electron chi connectivity index (χ1n) is 7.18. The Morgan fingerprint density at radius 1 is 1.24 bits per heavy atom. The van der Waals surface area contributed by atoms with E-state index in [1.165, 1.54) is 5.56 Å². The first-order valence-corrected chi connectivity index (χ1v) is 7.62. The van der Waals surface area contributed by atoms with E-state index in [1.54, 1.807) is 0 Å². The van der Waals surface area contributed by atoms with Crippen molar-refractivity contribution in [2.75, 3.05) is 0 Å². The molecule has 2 heterocycles. The van der Waals surface area contributed by atoms with Gasteiger partial charge < -0.3 is 0 Å². The summed E-state index contributed by atoms with van der Waals surface area (Å²) < 4.78 is 2.05. The predicted molar refractivity (Wildman–Crippen MR) is 87.2 cm³/mol. The van der Waals surface area contributed by atoms with E-state index in [4.69, 9.17) is 11.6 Å². The molecule has 2 aromatic heterocycles. The van der Waals surface area contributed by atoms with Gasteiger partial charge in [0, 0.05) is 11.9 Å². The van der Waals surface area contributed by atoms with Crippen LogP contribution in [0.5, 0.6) is 0 Å². The topological polar surface area (TPSA) is 30.7 Å². The summed E-state index contributed by atoms with van der Waals surface area (Å²) in [5, 5.41) is -0.176. The molecule has 1 unspecified atom stereocenters. The summed E-state index contributed by atoms with van der Waals surface area (Å²) in [6, 6.07) is 10.5. The summed E-state index contributed by atoms with van der Waals surface area (Å²) in [5.41, 5.74) is 5.20. The van der Waals surface area contributed by atoms with Crippen molar-refractivity contribution in [2.24, 2.45) is 0 Å². The Hall–Kier alpha value is -1.87. The molecule has 0 saturated heterocycles. The second kappa shape index (κ2) is 5.49. The Morgan fingerprint density at radius 3 is 2.57 bits per heavy atom. The lowest BCUT2D eigenvalue weighted by molar-refractivity contribution is 0.876. The number of rotatable bonds is 3. The van der Waals surface area contributed by atoms with Gasteiger partial charge in [-0.3, -0.25) is 4.57 Å². The molecule has 0 aliphatic rings. The fourth-order valence-electron chi connectivity index (χ4n) is 2.49. The second-order valence-corrected chi connectivity index (χ2v) is 5.95. The molecule has 1 atom stereocenters. The van der Waals surface area contributed by atoms with Crippen molar-refractivity contribution in [1.29, 1.82) is 0 Å². The molecule has 0 N–H and O–H groups in total. The Kier molecular flexibility index (Phi) is 3.68. The van der Waals surface area contributed by atoms with Crippen molar-refractivity contribution in [3.05, 3.63) is 53.5 Å². The van der Waals surface area contributed by atoms with Crippen LogP contribution in [-0.4, -0.2) is 14.5 Å². The first kappa shape index (κ1) is 14.1. The number of fused-ring (bicyclic) bond motifs is 1. The maximum atomic E-state index is 6.32. The SMILES string of the molecule is CCc1ccc(-n2c(C(C)Cl)nc3cc(C)cnc32)cc1. The molecular weight excluding hydrogens is 282 g/mol. The van der Waals surface area contributed by atoms with Crippen LogP contribution in [0.25, 0.3) is 16.9 Å². The molecule has 108 valence electrons. The van der Waals surface area contributed by atoms with Crippen LogP contribution in [0.4, 0.5) is 0 Å². The predicted octanol–water partition coefficient (Wildman–Crippen LogP) is 4.59. The Bertz CT molecular complexity index is 773. The van der Waals surface area contributed by atoms with Gasteiger partial charge in [0.1, 0.15) is 11.3 Å². The van der Waals surface area contributed by atoms with Crippen LogP contribution in [-0.2, 0) is 6.42 Å². The molecule has 0 radical (unpaired) electrons. The number of hydrogen-bond acceptors (Lipinski definition) is 2. The highest BCUT2D eigenvalue weighted by molar-refractivity contribution is 6.20. The van der Waals surface area contributed by atoms with E-state index in [9.17, 15) is 0 Å². The minimum Gasteiger partial charge on any atom is -0.279 e. The summed E-state index contributed by atoms with van der Waals surface area (Å²) in [4.78, 5) is 9.21. The average molecular weight is 300 g/mol. The van der Waals surface area contributed by atoms with Gasteiger partial charge in [-0.05, 0) is 49.6 Å². The van der Waals surface area contributed by atoms with Gasteiger partial charge in [-0.1, -0.05) is 19.1 Å². The number of hydrogen-bond donors (Lipinski definition) is 0. The molecule has 4 heteroatoms. The van der Waals surface area contributed by atoms with Crippen molar-refractivity contribution in [2.45, 2.75) is 32.6 Å². The molecule has 21 heavy (non-hydrogen) atoms. The van der Waals surface area contributed by atoms with Crippen LogP contribution >= 0.6 is 11.6 Å². The number of aryl methyl sites for hydroxylation is 2. The zero-order chi connectivity index (χ0) is 15.0. The molecular formula is C17H18ClN3. The Morgan fingerprint density at radius 2 is 1.95 bits per heavy atom. The largest absolute Gasteiger partial charge is 0.279 e. The molecule has 0 saturated carbocycles. The van der Waals surface area contributed by atoms with Crippen molar-refractivity contribution < 1.29 is 0 Å². The third kappa shape index (κ3) is 2.54. The van der Waals surface area contributed by atoms with Gasteiger partial charge in [-0.15, -0.1) is 11.6 Å². The number of aromatic nitrogens is 3. The van der Waals surface area contributed by atoms with E-state index < -0.39 is 0 Å². The van der Waals surface area contributed by atoms with Crippen LogP contribution < -0.4 is 0 Å². The van der Waals surface area contributed by atoms with Gasteiger partial charge in [-0.25, -0.2) is 9.97 Å². The number of halogens is 1. The summed E-state index contributed by atoms with van der Waals surface area (Å²) in [6.07, 6.45) is 2.89. The van der Waals surface area contributed by atoms with Crippen molar-refractivity contribution in [1.82, 2.24) is 14.5 Å². The van der Waals surface area contributed by atoms with Crippen molar-refractivity contribution in [3.8, 4) is 5.69 Å². The third-order valence-corrected chi connectivity index (χ3v) is 3.81. The summed E-state index contributed by atoms with van der Waals surface area (Å²) in [6.45, 7) is 6.11. The van der Waals surface area contributed by atoms with Gasteiger partial charge in [0.05, 0.1) is 5.38 Å². The Labute approximate surface area is 129 Å². The van der Waals surface area contributed by atoms with E-state index >= 15 is 0 Å². The monoisotopic (exact) mass is 299 g/mol. The van der Waals surface area contributed by atoms with Gasteiger partial charge in [-0.2, -0.15) is 0 Å². The van der Waals surface area contributed by atoms with Crippen LogP contribution in [0.3, 0.4) is 0 Å². The first-order chi connectivity index (χ1) is 10.1. The lowest BCUT2D eigenvalue weighted by Gasteiger charge is -2.10. The fraction of sp³-hybridized carbons (Fsp3) is 0.294. The Balaban J connectivity index is 2.25. The standard InChI is InChI=1S/C17H18ClN3/c1-4-13-5-7-14(8-6-13)21-16(12(3)18)20-15-9-11(2)10-19-17(15)21/h5-10,12H,4H2,1-3H3. The summed E-state index contributed by atoms with van der Waals surface area (Å²) >= 11 is 6.32. The number of nitrogens with zero attached hydrogens (tertiary/aromatic N) is 3. The molecule has 3 nitrogen and oxygen atoms in total. The van der Waals surface area contributed by atoms with E-state index in [0.717, 1.165) is 34.7 Å². The smallest absolute Gasteiger partial charge is 0.164 e. The molecule has 0 amide bonds. The van der Waals surface area contributed by atoms with Crippen LogP contribution in [0.15, 0.2) is 36.5 Å². The third-order valence-electron chi connectivity index (χ3n) is 3.62. The van der Waals surface area contributed by atoms with E-state index in [-0.39, 0.29) is 5.38 Å². The molecule has 0 aliphatic carbocycles. The quantitative estimate of drug-likeness (QED) is 0.662. The van der Waals surface area contributed by atoms with Crippen LogP contribution in [0.1, 0.15) is 36.2 Å². The maximum Gasteiger partial charge on any atom is 0.164 e. The summed E-state index contributed by atoms with van der Waals surface area (Å²) in [7, 11) is 0. The molecule has 0 fully saturated rings. The lowest BCUT2D eigenvalue weighted by atomic mass is 10.1. The molecule has 0 aliphatic heterocycles. The zero-order valence-electron chi connectivity index (χ0n) is 12.5. The highest BCUT2D eigenvalue weighted by Crippen LogP contribution is 2.27. The second-order valence-electron chi connectivity index (χ2n) is 5.30. The molecule has 0 bridgehead atoms. The number of imidazole rings is 1. The van der Waals surface area contributed by atoms with Gasteiger partial charge in [0.2, 0.25) is 0 Å². The number of alkyl halides is 1. The maximum absolute atomic E-state index is 6.32. The zero-order valence-corrected chi connectivity index (χ0v) is 13.2. The molecule has 0 spiro atoms. The van der Waals surface area contributed by atoms with E-state index in [1.807, 2.05) is 30.7 Å². The highest BCUT2D eigenvalue weighted by atomic mass is 35.5. The van der Waals surface area contributed by atoms with Crippen LogP contribution in [0, 0.1) is 6.92 Å². The van der Waals surface area contributed by atoms with Crippen molar-refractivity contribution >= 4 is 22.8 Å². The average Bonchev–Trinajstić information content (AvgIpc) is 2.86. The molecule has 3 rings (SSSR count). The van der Waals surface area contributed by atoms with Crippen LogP contribution in [0.2, 0.25) is 0 Å². The minimum absolute atomic E-state index is 0.176. The fourth-order valence-corrected chi connectivity index (χ4v) is 2.63. The normalized spacial score (nSPS) is 12.8. The van der Waals surface area contributed by atoms with Gasteiger partial charge in [0.15, 0.2) is 5.65 Å². The number of benzene rings is 1. The lowest BCUT2D eigenvalue weighted by Crippen LogP contribution is -2.02. The minimum atomic E-state index is -0.176.